The van der Waals surface area contributed by atoms with E-state index in [2.05, 4.69) is 20.4 Å². The van der Waals surface area contributed by atoms with Crippen LogP contribution >= 0.6 is 0 Å². The summed E-state index contributed by atoms with van der Waals surface area (Å²) in [7, 11) is 2.84. The van der Waals surface area contributed by atoms with Crippen molar-refractivity contribution in [3.63, 3.8) is 0 Å². The Balaban J connectivity index is 2.87. The topological polar surface area (TPSA) is 95.3 Å². The molecule has 0 fully saturated rings. The van der Waals surface area contributed by atoms with Crippen molar-refractivity contribution in [2.75, 3.05) is 27.4 Å². The molecular formula is C12H20N4O4. The number of hydrogen-bond donors (Lipinski definition) is 1. The molecule has 0 aliphatic heterocycles. The number of esters is 1. The highest BCUT2D eigenvalue weighted by Gasteiger charge is 2.24. The molecule has 0 saturated heterocycles. The summed E-state index contributed by atoms with van der Waals surface area (Å²) in [6.07, 6.45) is 0.521. The zero-order chi connectivity index (χ0) is 15.1. The number of ether oxygens (including phenoxy) is 2. The van der Waals surface area contributed by atoms with Crippen molar-refractivity contribution in [2.24, 2.45) is 0 Å². The van der Waals surface area contributed by atoms with Gasteiger partial charge in [0.25, 0.3) is 0 Å². The maximum absolute atomic E-state index is 12.0. The van der Waals surface area contributed by atoms with Crippen LogP contribution in [0.1, 0.15) is 36.1 Å². The van der Waals surface area contributed by atoms with Crippen LogP contribution in [0.15, 0.2) is 0 Å². The zero-order valence-corrected chi connectivity index (χ0v) is 12.2. The van der Waals surface area contributed by atoms with Gasteiger partial charge in [0.15, 0.2) is 5.69 Å². The second-order valence-corrected chi connectivity index (χ2v) is 4.13. The van der Waals surface area contributed by atoms with Crippen molar-refractivity contribution in [2.45, 2.75) is 26.3 Å². The highest BCUT2D eigenvalue weighted by atomic mass is 16.5. The van der Waals surface area contributed by atoms with Crippen molar-refractivity contribution in [3.8, 4) is 0 Å². The third-order valence-electron chi connectivity index (χ3n) is 2.86. The molecule has 1 N–H and O–H groups in total. The maximum atomic E-state index is 12.0. The van der Waals surface area contributed by atoms with Gasteiger partial charge in [0.05, 0.1) is 19.4 Å². The quantitative estimate of drug-likeness (QED) is 0.557. The molecule has 1 unspecified atom stereocenters. The predicted molar refractivity (Wildman–Crippen MR) is 70.3 cm³/mol. The van der Waals surface area contributed by atoms with E-state index in [9.17, 15) is 9.59 Å². The van der Waals surface area contributed by atoms with Crippen molar-refractivity contribution >= 4 is 11.9 Å². The lowest BCUT2D eigenvalue weighted by Crippen LogP contribution is -2.34. The summed E-state index contributed by atoms with van der Waals surface area (Å²) in [5, 5.41) is 10.4. The molecule has 1 atom stereocenters. The number of rotatable bonds is 7. The molecule has 0 spiro atoms. The summed E-state index contributed by atoms with van der Waals surface area (Å²) in [5.41, 5.74) is 0.720. The molecule has 0 aliphatic rings. The van der Waals surface area contributed by atoms with E-state index < -0.39 is 12.0 Å². The smallest absolute Gasteiger partial charge is 0.360 e. The Kier molecular flexibility index (Phi) is 6.10. The van der Waals surface area contributed by atoms with Crippen molar-refractivity contribution < 1.29 is 19.1 Å². The van der Waals surface area contributed by atoms with E-state index >= 15 is 0 Å². The van der Waals surface area contributed by atoms with Crippen LogP contribution < -0.4 is 5.32 Å². The molecule has 0 aliphatic carbocycles. The van der Waals surface area contributed by atoms with Crippen molar-refractivity contribution in [1.82, 2.24) is 20.3 Å². The summed E-state index contributed by atoms with van der Waals surface area (Å²) >= 11 is 0. The Morgan fingerprint density at radius 3 is 2.65 bits per heavy atom. The zero-order valence-electron chi connectivity index (χ0n) is 12.2. The van der Waals surface area contributed by atoms with Gasteiger partial charge in [0.1, 0.15) is 6.04 Å². The number of nitrogens with zero attached hydrogens (tertiary/aromatic N) is 3. The van der Waals surface area contributed by atoms with E-state index in [-0.39, 0.29) is 11.6 Å². The maximum Gasteiger partial charge on any atom is 0.360 e. The first-order valence-corrected chi connectivity index (χ1v) is 6.35. The highest BCUT2D eigenvalue weighted by Crippen LogP contribution is 2.14. The number of nitrogens with one attached hydrogen (secondary N) is 1. The van der Waals surface area contributed by atoms with Gasteiger partial charge in [-0.15, -0.1) is 5.10 Å². The molecular weight excluding hydrogens is 264 g/mol. The molecule has 8 heteroatoms. The fraction of sp³-hybridized carbons (Fsp3) is 0.667. The molecule has 1 rings (SSSR count). The Morgan fingerprint density at radius 1 is 1.40 bits per heavy atom. The van der Waals surface area contributed by atoms with Crippen molar-refractivity contribution in [3.05, 3.63) is 11.4 Å². The molecule has 0 saturated carbocycles. The average Bonchev–Trinajstić information content (AvgIpc) is 2.89. The summed E-state index contributed by atoms with van der Waals surface area (Å²) in [6, 6.07) is -0.562. The van der Waals surface area contributed by atoms with Crippen LogP contribution in [0.3, 0.4) is 0 Å². The first kappa shape index (κ1) is 16.1. The van der Waals surface area contributed by atoms with Gasteiger partial charge in [-0.25, -0.2) is 9.48 Å². The van der Waals surface area contributed by atoms with Gasteiger partial charge in [-0.1, -0.05) is 12.1 Å². The number of aromatic nitrogens is 3. The first-order valence-electron chi connectivity index (χ1n) is 6.35. The van der Waals surface area contributed by atoms with E-state index in [1.165, 1.54) is 11.8 Å². The molecule has 0 radical (unpaired) electrons. The normalized spacial score (nSPS) is 12.0. The van der Waals surface area contributed by atoms with Gasteiger partial charge in [-0.3, -0.25) is 4.79 Å². The molecule has 1 aromatic heterocycles. The van der Waals surface area contributed by atoms with E-state index in [4.69, 9.17) is 4.74 Å². The molecule has 112 valence electrons. The second-order valence-electron chi connectivity index (χ2n) is 4.13. The second kappa shape index (κ2) is 7.59. The van der Waals surface area contributed by atoms with Crippen molar-refractivity contribution in [1.29, 1.82) is 0 Å². The average molecular weight is 284 g/mol. The highest BCUT2D eigenvalue weighted by molar-refractivity contribution is 5.88. The molecule has 1 amide bonds. The SMILES string of the molecule is CCc1c(C(=O)OC)nnn1C(C)C(=O)NCCOC. The molecule has 8 nitrogen and oxygen atoms in total. The van der Waals surface area contributed by atoms with Gasteiger partial charge in [-0.05, 0) is 13.3 Å². The van der Waals surface area contributed by atoms with Gasteiger partial charge in [0.2, 0.25) is 5.91 Å². The lowest BCUT2D eigenvalue weighted by molar-refractivity contribution is -0.124. The van der Waals surface area contributed by atoms with Crippen LogP contribution in [0.4, 0.5) is 0 Å². The van der Waals surface area contributed by atoms with Crippen LogP contribution in [-0.4, -0.2) is 54.2 Å². The standard InChI is InChI=1S/C12H20N4O4/c1-5-9-10(12(18)20-4)14-15-16(9)8(2)11(17)13-6-7-19-3/h8H,5-7H2,1-4H3,(H,13,17). The van der Waals surface area contributed by atoms with Gasteiger partial charge in [-0.2, -0.15) is 0 Å². The number of amides is 1. The number of hydrogen-bond acceptors (Lipinski definition) is 6. The number of methoxy groups -OCH3 is 2. The van der Waals surface area contributed by atoms with E-state index in [0.717, 1.165) is 0 Å². The summed E-state index contributed by atoms with van der Waals surface area (Å²) in [5.74, 6) is -0.766. The number of carbonyl (C=O) groups excluding carboxylic acids is 2. The summed E-state index contributed by atoms with van der Waals surface area (Å²) < 4.78 is 10.9. The number of carbonyl (C=O) groups is 2. The Bertz CT molecular complexity index is 472. The first-order chi connectivity index (χ1) is 9.56. The van der Waals surface area contributed by atoms with E-state index in [1.54, 1.807) is 14.0 Å². The minimum atomic E-state index is -0.562. The Morgan fingerprint density at radius 2 is 2.10 bits per heavy atom. The van der Waals surface area contributed by atoms with Gasteiger partial charge >= 0.3 is 5.97 Å². The lowest BCUT2D eigenvalue weighted by Gasteiger charge is -2.14. The monoisotopic (exact) mass is 284 g/mol. The van der Waals surface area contributed by atoms with E-state index in [1.807, 2.05) is 6.92 Å². The van der Waals surface area contributed by atoms with Crippen LogP contribution in [0.25, 0.3) is 0 Å². The van der Waals surface area contributed by atoms with E-state index in [0.29, 0.717) is 25.3 Å². The summed E-state index contributed by atoms with van der Waals surface area (Å²) in [4.78, 5) is 23.5. The Labute approximate surface area is 117 Å². The Hall–Kier alpha value is -1.96. The minimum Gasteiger partial charge on any atom is -0.464 e. The minimum absolute atomic E-state index is 0.145. The van der Waals surface area contributed by atoms with Crippen LogP contribution in [-0.2, 0) is 20.7 Å². The van der Waals surface area contributed by atoms with Crippen LogP contribution in [0.5, 0.6) is 0 Å². The molecule has 1 heterocycles. The largest absolute Gasteiger partial charge is 0.464 e. The fourth-order valence-corrected chi connectivity index (χ4v) is 1.74. The lowest BCUT2D eigenvalue weighted by atomic mass is 10.2. The molecule has 1 aromatic rings. The molecule has 0 bridgehead atoms. The van der Waals surface area contributed by atoms with Crippen LogP contribution in [0, 0.1) is 0 Å². The molecule has 0 aromatic carbocycles. The van der Waals surface area contributed by atoms with Gasteiger partial charge in [0, 0.05) is 13.7 Å². The summed E-state index contributed by atoms with van der Waals surface area (Å²) in [6.45, 7) is 4.40. The third kappa shape index (κ3) is 3.53. The molecule has 20 heavy (non-hydrogen) atoms. The predicted octanol–water partition coefficient (Wildman–Crippen LogP) is -0.0493. The fourth-order valence-electron chi connectivity index (χ4n) is 1.74. The third-order valence-corrected chi connectivity index (χ3v) is 2.86. The van der Waals surface area contributed by atoms with Gasteiger partial charge < -0.3 is 14.8 Å². The van der Waals surface area contributed by atoms with Crippen LogP contribution in [0.2, 0.25) is 0 Å².